The molecule has 0 radical (unpaired) electrons. The maximum absolute atomic E-state index is 11.9. The van der Waals surface area contributed by atoms with E-state index >= 15 is 0 Å². The molecule has 1 aliphatic rings. The van der Waals surface area contributed by atoms with Crippen LogP contribution in [0.15, 0.2) is 0 Å². The van der Waals surface area contributed by atoms with Crippen LogP contribution < -0.4 is 0 Å². The zero-order chi connectivity index (χ0) is 11.6. The van der Waals surface area contributed by atoms with Gasteiger partial charge in [0.2, 0.25) is 5.91 Å². The number of carbonyl (C=O) groups is 1. The van der Waals surface area contributed by atoms with Crippen LogP contribution in [0.25, 0.3) is 0 Å². The van der Waals surface area contributed by atoms with E-state index in [4.69, 9.17) is 0 Å². The lowest BCUT2D eigenvalue weighted by Crippen LogP contribution is -2.43. The summed E-state index contributed by atoms with van der Waals surface area (Å²) >= 11 is 0. The normalized spacial score (nSPS) is 23.7. The molecule has 1 aliphatic heterocycles. The Morgan fingerprint density at radius 2 is 2.00 bits per heavy atom. The molecule has 1 unspecified atom stereocenters. The van der Waals surface area contributed by atoms with Crippen LogP contribution in [0.4, 0.5) is 0 Å². The first-order chi connectivity index (χ1) is 6.80. The zero-order valence-electron chi connectivity index (χ0n) is 10.8. The first-order valence-corrected chi connectivity index (χ1v) is 6.08. The Morgan fingerprint density at radius 1 is 1.40 bits per heavy atom. The summed E-state index contributed by atoms with van der Waals surface area (Å²) in [6.45, 7) is 12.9. The van der Waals surface area contributed by atoms with Crippen molar-refractivity contribution in [3.8, 4) is 0 Å². The van der Waals surface area contributed by atoms with Crippen LogP contribution in [-0.4, -0.2) is 23.9 Å². The van der Waals surface area contributed by atoms with Gasteiger partial charge in [0.15, 0.2) is 0 Å². The molecule has 0 aromatic rings. The highest BCUT2D eigenvalue weighted by Crippen LogP contribution is 2.34. The monoisotopic (exact) mass is 211 g/mol. The lowest BCUT2D eigenvalue weighted by molar-refractivity contribution is -0.137. The highest BCUT2D eigenvalue weighted by atomic mass is 16.2. The Bertz CT molecular complexity index is 227. The molecule has 2 heteroatoms. The second-order valence-corrected chi connectivity index (χ2v) is 6.29. The van der Waals surface area contributed by atoms with Gasteiger partial charge in [-0.1, -0.05) is 34.6 Å². The quantitative estimate of drug-likeness (QED) is 0.687. The Balaban J connectivity index is 2.52. The van der Waals surface area contributed by atoms with Crippen molar-refractivity contribution in [3.63, 3.8) is 0 Å². The highest BCUT2D eigenvalue weighted by Gasteiger charge is 2.33. The van der Waals surface area contributed by atoms with Crippen LogP contribution in [0, 0.1) is 17.3 Å². The topological polar surface area (TPSA) is 20.3 Å². The van der Waals surface area contributed by atoms with E-state index < -0.39 is 0 Å². The van der Waals surface area contributed by atoms with Crippen LogP contribution in [0.5, 0.6) is 0 Å². The Hall–Kier alpha value is -0.530. The molecule has 0 spiro atoms. The molecule has 1 atom stereocenters. The average Bonchev–Trinajstić information content (AvgIpc) is 2.05. The van der Waals surface area contributed by atoms with Crippen molar-refractivity contribution in [2.45, 2.75) is 47.5 Å². The second kappa shape index (κ2) is 4.54. The summed E-state index contributed by atoms with van der Waals surface area (Å²) in [5.41, 5.74) is 0.277. The van der Waals surface area contributed by atoms with Gasteiger partial charge in [0.05, 0.1) is 0 Å². The minimum atomic E-state index is 0.277. The molecule has 15 heavy (non-hydrogen) atoms. The Kier molecular flexibility index (Phi) is 3.80. The molecule has 2 nitrogen and oxygen atoms in total. The molecule has 0 N–H and O–H groups in total. The van der Waals surface area contributed by atoms with Crippen LogP contribution >= 0.6 is 0 Å². The molecule has 1 heterocycles. The SMILES string of the molecule is CC(C)CN1CCC(C(C)(C)C)CC1=O. The number of hydrogen-bond acceptors (Lipinski definition) is 1. The average molecular weight is 211 g/mol. The fraction of sp³-hybridized carbons (Fsp3) is 0.923. The number of nitrogens with zero attached hydrogens (tertiary/aromatic N) is 1. The van der Waals surface area contributed by atoms with Gasteiger partial charge in [0.25, 0.3) is 0 Å². The second-order valence-electron chi connectivity index (χ2n) is 6.29. The van der Waals surface area contributed by atoms with E-state index in [0.29, 0.717) is 17.7 Å². The van der Waals surface area contributed by atoms with Gasteiger partial charge in [-0.05, 0) is 23.7 Å². The lowest BCUT2D eigenvalue weighted by Gasteiger charge is -2.38. The number of amides is 1. The van der Waals surface area contributed by atoms with Crippen molar-refractivity contribution < 1.29 is 4.79 Å². The standard InChI is InChI=1S/C13H25NO/c1-10(2)9-14-7-6-11(8-12(14)15)13(3,4)5/h10-11H,6-9H2,1-5H3. The van der Waals surface area contributed by atoms with Crippen molar-refractivity contribution in [3.05, 3.63) is 0 Å². The summed E-state index contributed by atoms with van der Waals surface area (Å²) in [6.07, 6.45) is 1.91. The van der Waals surface area contributed by atoms with E-state index in [2.05, 4.69) is 34.6 Å². The van der Waals surface area contributed by atoms with E-state index in [1.165, 1.54) is 6.42 Å². The lowest BCUT2D eigenvalue weighted by atomic mass is 9.75. The number of piperidine rings is 1. The minimum Gasteiger partial charge on any atom is -0.342 e. The third kappa shape index (κ3) is 3.51. The van der Waals surface area contributed by atoms with Gasteiger partial charge in [-0.15, -0.1) is 0 Å². The van der Waals surface area contributed by atoms with E-state index in [1.807, 2.05) is 4.90 Å². The van der Waals surface area contributed by atoms with Crippen LogP contribution in [-0.2, 0) is 4.79 Å². The van der Waals surface area contributed by atoms with Gasteiger partial charge in [-0.25, -0.2) is 0 Å². The molecule has 0 aromatic carbocycles. The molecule has 1 saturated heterocycles. The van der Waals surface area contributed by atoms with Crippen LogP contribution in [0.3, 0.4) is 0 Å². The predicted molar refractivity (Wildman–Crippen MR) is 63.6 cm³/mol. The molecular formula is C13H25NO. The number of rotatable bonds is 2. The van der Waals surface area contributed by atoms with Gasteiger partial charge in [-0.2, -0.15) is 0 Å². The third-order valence-corrected chi connectivity index (χ3v) is 3.33. The molecule has 1 rings (SSSR count). The van der Waals surface area contributed by atoms with Crippen LogP contribution in [0.1, 0.15) is 47.5 Å². The number of likely N-dealkylation sites (tertiary alicyclic amines) is 1. The first kappa shape index (κ1) is 12.5. The number of hydrogen-bond donors (Lipinski definition) is 0. The summed E-state index contributed by atoms with van der Waals surface area (Å²) in [4.78, 5) is 13.9. The minimum absolute atomic E-state index is 0.277. The highest BCUT2D eigenvalue weighted by molar-refractivity contribution is 5.77. The van der Waals surface area contributed by atoms with E-state index in [1.54, 1.807) is 0 Å². The van der Waals surface area contributed by atoms with Gasteiger partial charge in [0.1, 0.15) is 0 Å². The Morgan fingerprint density at radius 3 is 2.40 bits per heavy atom. The van der Waals surface area contributed by atoms with Crippen molar-refractivity contribution in [1.82, 2.24) is 4.90 Å². The Labute approximate surface area is 94.0 Å². The van der Waals surface area contributed by atoms with Crippen molar-refractivity contribution in [2.75, 3.05) is 13.1 Å². The molecule has 1 fully saturated rings. The van der Waals surface area contributed by atoms with Crippen molar-refractivity contribution in [1.29, 1.82) is 0 Å². The molecule has 0 aromatic heterocycles. The summed E-state index contributed by atoms with van der Waals surface area (Å²) in [5.74, 6) is 1.50. The molecular weight excluding hydrogens is 186 g/mol. The molecule has 1 amide bonds. The van der Waals surface area contributed by atoms with E-state index in [0.717, 1.165) is 19.5 Å². The third-order valence-electron chi connectivity index (χ3n) is 3.33. The van der Waals surface area contributed by atoms with Gasteiger partial charge < -0.3 is 4.90 Å². The zero-order valence-corrected chi connectivity index (χ0v) is 10.8. The summed E-state index contributed by atoms with van der Waals surface area (Å²) in [5, 5.41) is 0. The molecule has 0 saturated carbocycles. The summed E-state index contributed by atoms with van der Waals surface area (Å²) in [6, 6.07) is 0. The summed E-state index contributed by atoms with van der Waals surface area (Å²) in [7, 11) is 0. The van der Waals surface area contributed by atoms with Crippen LogP contribution in [0.2, 0.25) is 0 Å². The van der Waals surface area contributed by atoms with Gasteiger partial charge in [0, 0.05) is 19.5 Å². The molecule has 0 aliphatic carbocycles. The number of carbonyl (C=O) groups excluding carboxylic acids is 1. The van der Waals surface area contributed by atoms with Gasteiger partial charge >= 0.3 is 0 Å². The fourth-order valence-electron chi connectivity index (χ4n) is 2.25. The van der Waals surface area contributed by atoms with E-state index in [-0.39, 0.29) is 5.41 Å². The summed E-state index contributed by atoms with van der Waals surface area (Å²) < 4.78 is 0. The maximum Gasteiger partial charge on any atom is 0.222 e. The molecule has 88 valence electrons. The van der Waals surface area contributed by atoms with Crippen molar-refractivity contribution in [2.24, 2.45) is 17.3 Å². The van der Waals surface area contributed by atoms with Crippen molar-refractivity contribution >= 4 is 5.91 Å². The van der Waals surface area contributed by atoms with E-state index in [9.17, 15) is 4.79 Å². The first-order valence-electron chi connectivity index (χ1n) is 6.08. The fourth-order valence-corrected chi connectivity index (χ4v) is 2.25. The molecule has 0 bridgehead atoms. The largest absolute Gasteiger partial charge is 0.342 e. The maximum atomic E-state index is 11.9. The van der Waals surface area contributed by atoms with Gasteiger partial charge in [-0.3, -0.25) is 4.79 Å². The predicted octanol–water partition coefficient (Wildman–Crippen LogP) is 2.93. The smallest absolute Gasteiger partial charge is 0.222 e.